The molecule has 4 heteroatoms. The first-order chi connectivity index (χ1) is 8.63. The van der Waals surface area contributed by atoms with Gasteiger partial charge in [-0.2, -0.15) is 0 Å². The van der Waals surface area contributed by atoms with Crippen LogP contribution in [0.5, 0.6) is 0 Å². The number of aromatic nitrogens is 2. The molecule has 1 aromatic carbocycles. The first-order valence-corrected chi connectivity index (χ1v) is 5.85. The average Bonchev–Trinajstić information content (AvgIpc) is 2.74. The molecule has 0 aliphatic rings. The lowest BCUT2D eigenvalue weighted by Crippen LogP contribution is -2.23. The molecule has 0 aliphatic carbocycles. The van der Waals surface area contributed by atoms with Crippen molar-refractivity contribution in [3.63, 3.8) is 0 Å². The summed E-state index contributed by atoms with van der Waals surface area (Å²) in [4.78, 5) is 10.7. The van der Waals surface area contributed by atoms with Gasteiger partial charge >= 0.3 is 5.97 Å². The molecule has 4 nitrogen and oxygen atoms in total. The normalized spacial score (nSPS) is 10.3. The molecule has 2 rings (SSSR count). The Morgan fingerprint density at radius 1 is 1.28 bits per heavy atom. The highest BCUT2D eigenvalue weighted by molar-refractivity contribution is 5.65. The SMILES string of the molecule is CC(=O)OCc1ccc(Cn2cc[n+](C)c2)cc1. The van der Waals surface area contributed by atoms with Crippen molar-refractivity contribution in [2.24, 2.45) is 7.05 Å². The molecule has 0 unspecified atom stereocenters. The molecule has 0 fully saturated rings. The van der Waals surface area contributed by atoms with Crippen LogP contribution in [0.2, 0.25) is 0 Å². The Morgan fingerprint density at radius 2 is 1.94 bits per heavy atom. The van der Waals surface area contributed by atoms with Gasteiger partial charge in [0.05, 0.1) is 7.05 Å². The molecule has 0 saturated heterocycles. The molecule has 18 heavy (non-hydrogen) atoms. The molecule has 0 saturated carbocycles. The summed E-state index contributed by atoms with van der Waals surface area (Å²) in [7, 11) is 2.00. The minimum Gasteiger partial charge on any atom is -0.461 e. The molecule has 0 radical (unpaired) electrons. The van der Waals surface area contributed by atoms with Gasteiger partial charge in [0.25, 0.3) is 0 Å². The van der Waals surface area contributed by atoms with Crippen LogP contribution in [-0.2, 0) is 29.7 Å². The maximum Gasteiger partial charge on any atom is 0.302 e. The number of carbonyl (C=O) groups is 1. The number of aryl methyl sites for hydroxylation is 1. The highest BCUT2D eigenvalue weighted by atomic mass is 16.5. The Labute approximate surface area is 106 Å². The number of carbonyl (C=O) groups excluding carboxylic acids is 1. The van der Waals surface area contributed by atoms with Crippen molar-refractivity contribution in [2.45, 2.75) is 20.1 Å². The molecule has 0 N–H and O–H groups in total. The standard InChI is InChI=1S/C14H17N2O2/c1-12(17)18-10-14-5-3-13(4-6-14)9-16-8-7-15(2)11-16/h3-8,11H,9-10H2,1-2H3/q+1. The van der Waals surface area contributed by atoms with Crippen LogP contribution in [0.3, 0.4) is 0 Å². The van der Waals surface area contributed by atoms with Crippen LogP contribution in [0.25, 0.3) is 0 Å². The van der Waals surface area contributed by atoms with Crippen molar-refractivity contribution in [1.82, 2.24) is 4.57 Å². The Bertz CT molecular complexity index is 529. The zero-order valence-electron chi connectivity index (χ0n) is 10.7. The van der Waals surface area contributed by atoms with Gasteiger partial charge in [-0.1, -0.05) is 24.3 Å². The smallest absolute Gasteiger partial charge is 0.302 e. The summed E-state index contributed by atoms with van der Waals surface area (Å²) in [6.45, 7) is 2.60. The van der Waals surface area contributed by atoms with E-state index in [0.717, 1.165) is 12.1 Å². The fourth-order valence-electron chi connectivity index (χ4n) is 1.73. The van der Waals surface area contributed by atoms with Gasteiger partial charge in [0, 0.05) is 6.92 Å². The molecule has 0 amide bonds. The van der Waals surface area contributed by atoms with E-state index in [2.05, 4.69) is 16.7 Å². The summed E-state index contributed by atoms with van der Waals surface area (Å²) in [5, 5.41) is 0. The third kappa shape index (κ3) is 3.45. The number of benzene rings is 1. The Morgan fingerprint density at radius 3 is 2.50 bits per heavy atom. The zero-order valence-corrected chi connectivity index (χ0v) is 10.7. The van der Waals surface area contributed by atoms with Crippen LogP contribution >= 0.6 is 0 Å². The van der Waals surface area contributed by atoms with E-state index in [1.807, 2.05) is 42.5 Å². The lowest BCUT2D eigenvalue weighted by atomic mass is 10.1. The first-order valence-electron chi connectivity index (χ1n) is 5.85. The van der Waals surface area contributed by atoms with Crippen LogP contribution in [-0.4, -0.2) is 10.5 Å². The summed E-state index contributed by atoms with van der Waals surface area (Å²) in [6.07, 6.45) is 6.08. The van der Waals surface area contributed by atoms with Gasteiger partial charge in [0.1, 0.15) is 25.5 Å². The fraction of sp³-hybridized carbons (Fsp3) is 0.286. The second-order valence-corrected chi connectivity index (χ2v) is 4.35. The van der Waals surface area contributed by atoms with E-state index >= 15 is 0 Å². The summed E-state index contributed by atoms with van der Waals surface area (Å²) < 4.78 is 9.06. The quantitative estimate of drug-likeness (QED) is 0.603. The Balaban J connectivity index is 1.97. The third-order valence-corrected chi connectivity index (χ3v) is 2.65. The summed E-state index contributed by atoms with van der Waals surface area (Å²) >= 11 is 0. The molecule has 0 spiro atoms. The van der Waals surface area contributed by atoms with E-state index in [-0.39, 0.29) is 5.97 Å². The molecule has 1 heterocycles. The largest absolute Gasteiger partial charge is 0.461 e. The van der Waals surface area contributed by atoms with Gasteiger partial charge in [0.2, 0.25) is 6.33 Å². The van der Waals surface area contributed by atoms with E-state index in [1.54, 1.807) is 0 Å². The minimum atomic E-state index is -0.251. The number of hydrogen-bond donors (Lipinski definition) is 0. The molecular weight excluding hydrogens is 228 g/mol. The monoisotopic (exact) mass is 245 g/mol. The molecule has 1 aromatic heterocycles. The average molecular weight is 245 g/mol. The zero-order chi connectivity index (χ0) is 13.0. The highest BCUT2D eigenvalue weighted by Crippen LogP contribution is 2.07. The Kier molecular flexibility index (Phi) is 3.77. The Hall–Kier alpha value is -2.10. The predicted octanol–water partition coefficient (Wildman–Crippen LogP) is 1.42. The van der Waals surface area contributed by atoms with E-state index < -0.39 is 0 Å². The van der Waals surface area contributed by atoms with Crippen molar-refractivity contribution in [2.75, 3.05) is 0 Å². The highest BCUT2D eigenvalue weighted by Gasteiger charge is 2.02. The van der Waals surface area contributed by atoms with E-state index in [9.17, 15) is 4.79 Å². The minimum absolute atomic E-state index is 0.251. The van der Waals surface area contributed by atoms with E-state index in [1.165, 1.54) is 12.5 Å². The van der Waals surface area contributed by atoms with Gasteiger partial charge in [-0.25, -0.2) is 9.13 Å². The van der Waals surface area contributed by atoms with Crippen molar-refractivity contribution >= 4 is 5.97 Å². The lowest BCUT2D eigenvalue weighted by molar-refractivity contribution is -0.671. The second kappa shape index (κ2) is 5.49. The molecular formula is C14H17N2O2+. The molecule has 94 valence electrons. The number of nitrogens with zero attached hydrogens (tertiary/aromatic N) is 2. The first kappa shape index (κ1) is 12.4. The van der Waals surface area contributed by atoms with Gasteiger partial charge in [-0.3, -0.25) is 4.79 Å². The lowest BCUT2D eigenvalue weighted by Gasteiger charge is -2.03. The fourth-order valence-corrected chi connectivity index (χ4v) is 1.73. The summed E-state index contributed by atoms with van der Waals surface area (Å²) in [6, 6.07) is 8.08. The number of esters is 1. The predicted molar refractivity (Wildman–Crippen MR) is 66.6 cm³/mol. The van der Waals surface area contributed by atoms with Crippen LogP contribution in [0.15, 0.2) is 43.0 Å². The maximum atomic E-state index is 10.7. The van der Waals surface area contributed by atoms with Crippen LogP contribution < -0.4 is 4.57 Å². The maximum absolute atomic E-state index is 10.7. The second-order valence-electron chi connectivity index (χ2n) is 4.35. The molecule has 0 bridgehead atoms. The van der Waals surface area contributed by atoms with Crippen LogP contribution in [0, 0.1) is 0 Å². The van der Waals surface area contributed by atoms with Crippen molar-refractivity contribution in [3.05, 3.63) is 54.1 Å². The van der Waals surface area contributed by atoms with Gasteiger partial charge in [-0.15, -0.1) is 0 Å². The number of imidazole rings is 1. The van der Waals surface area contributed by atoms with Crippen molar-refractivity contribution in [1.29, 1.82) is 0 Å². The van der Waals surface area contributed by atoms with Crippen LogP contribution in [0.1, 0.15) is 18.1 Å². The summed E-state index contributed by atoms with van der Waals surface area (Å²) in [5.74, 6) is -0.251. The van der Waals surface area contributed by atoms with Crippen molar-refractivity contribution < 1.29 is 14.1 Å². The number of rotatable bonds is 4. The van der Waals surface area contributed by atoms with Crippen LogP contribution in [0.4, 0.5) is 0 Å². The van der Waals surface area contributed by atoms with Gasteiger partial charge < -0.3 is 4.74 Å². The van der Waals surface area contributed by atoms with Crippen molar-refractivity contribution in [3.8, 4) is 0 Å². The molecule has 2 aromatic rings. The molecule has 0 atom stereocenters. The number of hydrogen-bond acceptors (Lipinski definition) is 2. The van der Waals surface area contributed by atoms with E-state index in [4.69, 9.17) is 4.74 Å². The topological polar surface area (TPSA) is 35.1 Å². The third-order valence-electron chi connectivity index (χ3n) is 2.65. The van der Waals surface area contributed by atoms with Gasteiger partial charge in [0.15, 0.2) is 0 Å². The van der Waals surface area contributed by atoms with Gasteiger partial charge in [-0.05, 0) is 11.1 Å². The number of ether oxygens (including phenoxy) is 1. The summed E-state index contributed by atoms with van der Waals surface area (Å²) in [5.41, 5.74) is 2.23. The molecule has 0 aliphatic heterocycles. The van der Waals surface area contributed by atoms with E-state index in [0.29, 0.717) is 6.61 Å².